The second-order valence-electron chi connectivity index (χ2n) is 4.15. The van der Waals surface area contributed by atoms with Crippen LogP contribution < -0.4 is 11.1 Å². The Morgan fingerprint density at radius 2 is 2.21 bits per heavy atom. The van der Waals surface area contributed by atoms with Gasteiger partial charge in [-0.1, -0.05) is 6.07 Å². The summed E-state index contributed by atoms with van der Waals surface area (Å²) >= 11 is 0. The lowest BCUT2D eigenvalue weighted by Gasteiger charge is -2.29. The molecule has 3 amide bonds. The maximum absolute atomic E-state index is 12.6. The molecule has 19 heavy (non-hydrogen) atoms. The third-order valence-electron chi connectivity index (χ3n) is 3.01. The molecule has 3 N–H and O–H groups in total. The number of anilines is 1. The number of benzene rings is 1. The molecule has 0 aromatic heterocycles. The van der Waals surface area contributed by atoms with Crippen molar-refractivity contribution >= 4 is 23.4 Å². The topological polar surface area (TPSA) is 92.5 Å². The molecule has 6 heteroatoms. The Kier molecular flexibility index (Phi) is 1.56. The van der Waals surface area contributed by atoms with E-state index in [4.69, 9.17) is 12.6 Å². The van der Waals surface area contributed by atoms with Gasteiger partial charge in [0.2, 0.25) is 11.8 Å². The Bertz CT molecular complexity index is 797. The number of piperidine rings is 1. The third kappa shape index (κ3) is 1.76. The quantitative estimate of drug-likeness (QED) is 0.553. The van der Waals surface area contributed by atoms with Gasteiger partial charge in [-0.15, -0.1) is 0 Å². The molecule has 1 aromatic rings. The highest BCUT2D eigenvalue weighted by Gasteiger charge is 2.39. The maximum atomic E-state index is 12.6. The molecule has 2 heterocycles. The zero-order chi connectivity index (χ0) is 18.1. The molecule has 0 radical (unpaired) electrons. The van der Waals surface area contributed by atoms with Gasteiger partial charge < -0.3 is 10.6 Å². The standard InChI is InChI=1S/C13H13N3O3/c14-9-3-1-2-7-8(9)6-16(13(7)19)10-4-5-11(17)15-12(10)18/h1-3,10H,4-6,14H2,(H,15,17,18)/t10-/m0/s1/i4D2,5D2,10D. The van der Waals surface area contributed by atoms with Crippen LogP contribution in [0, 0.1) is 0 Å². The van der Waals surface area contributed by atoms with Crippen LogP contribution in [-0.4, -0.2) is 28.6 Å². The monoisotopic (exact) mass is 264 g/mol. The van der Waals surface area contributed by atoms with Crippen LogP contribution in [0.15, 0.2) is 18.2 Å². The van der Waals surface area contributed by atoms with Gasteiger partial charge in [0.1, 0.15) is 6.02 Å². The van der Waals surface area contributed by atoms with E-state index in [-0.39, 0.29) is 17.8 Å². The van der Waals surface area contributed by atoms with Crippen LogP contribution in [0.4, 0.5) is 5.69 Å². The summed E-state index contributed by atoms with van der Waals surface area (Å²) in [5.74, 6) is -3.70. The predicted molar refractivity (Wildman–Crippen MR) is 66.9 cm³/mol. The number of nitrogens with two attached hydrogens (primary N) is 1. The number of fused-ring (bicyclic) bond motifs is 1. The SMILES string of the molecule is [2H]C1([2H])C(=O)NC(=O)[C@@]([2H])(N2Cc3c(N)cccc3C2=O)C1([2H])[2H]. The third-order valence-corrected chi connectivity index (χ3v) is 3.01. The van der Waals surface area contributed by atoms with Crippen molar-refractivity contribution in [2.45, 2.75) is 25.3 Å². The van der Waals surface area contributed by atoms with E-state index in [0.717, 1.165) is 0 Å². The smallest absolute Gasteiger partial charge is 0.255 e. The minimum Gasteiger partial charge on any atom is -0.398 e. The molecule has 1 fully saturated rings. The maximum Gasteiger partial charge on any atom is 0.255 e. The number of carbonyl (C=O) groups excluding carboxylic acids is 3. The minimum atomic E-state index is -3.27. The summed E-state index contributed by atoms with van der Waals surface area (Å²) in [6.07, 6.45) is -6.45. The van der Waals surface area contributed by atoms with E-state index in [0.29, 0.717) is 10.5 Å². The van der Waals surface area contributed by atoms with Gasteiger partial charge in [0.15, 0.2) is 0 Å². The number of rotatable bonds is 1. The van der Waals surface area contributed by atoms with E-state index in [9.17, 15) is 14.4 Å². The van der Waals surface area contributed by atoms with Crippen molar-refractivity contribution in [2.24, 2.45) is 0 Å². The van der Waals surface area contributed by atoms with Gasteiger partial charge in [-0.05, 0) is 18.5 Å². The normalized spacial score (nSPS) is 35.5. The summed E-state index contributed by atoms with van der Waals surface area (Å²) in [6, 6.07) is 1.48. The van der Waals surface area contributed by atoms with Crippen LogP contribution in [0.25, 0.3) is 0 Å². The summed E-state index contributed by atoms with van der Waals surface area (Å²) < 4.78 is 39.6. The Labute approximate surface area is 116 Å². The molecule has 0 bridgehead atoms. The number of nitrogens with zero attached hydrogens (tertiary/aromatic N) is 1. The number of imide groups is 1. The zero-order valence-electron chi connectivity index (χ0n) is 14.7. The minimum absolute atomic E-state index is 0.114. The molecule has 0 aliphatic carbocycles. The highest BCUT2D eigenvalue weighted by Crippen LogP contribution is 2.30. The lowest BCUT2D eigenvalue weighted by atomic mass is 10.0. The van der Waals surface area contributed by atoms with Crippen LogP contribution >= 0.6 is 0 Å². The molecular formula is C13H13N3O3. The molecule has 2 aliphatic rings. The van der Waals surface area contributed by atoms with Gasteiger partial charge in [-0.25, -0.2) is 0 Å². The Morgan fingerprint density at radius 1 is 1.42 bits per heavy atom. The van der Waals surface area contributed by atoms with Gasteiger partial charge in [0.05, 0.1) is 1.37 Å². The molecule has 1 aromatic carbocycles. The number of carbonyl (C=O) groups is 3. The van der Waals surface area contributed by atoms with Gasteiger partial charge in [0.25, 0.3) is 5.91 Å². The highest BCUT2D eigenvalue weighted by atomic mass is 16.2. The van der Waals surface area contributed by atoms with Crippen LogP contribution in [-0.2, 0) is 16.1 Å². The van der Waals surface area contributed by atoms with Crippen LogP contribution in [0.3, 0.4) is 0 Å². The van der Waals surface area contributed by atoms with Gasteiger partial charge in [0, 0.05) is 35.2 Å². The van der Waals surface area contributed by atoms with E-state index in [1.165, 1.54) is 18.2 Å². The lowest BCUT2D eigenvalue weighted by molar-refractivity contribution is -0.136. The van der Waals surface area contributed by atoms with E-state index >= 15 is 0 Å². The molecule has 3 rings (SSSR count). The average Bonchev–Trinajstić information content (AvgIpc) is 2.84. The fraction of sp³-hybridized carbons (Fsp3) is 0.308. The second-order valence-corrected chi connectivity index (χ2v) is 4.15. The van der Waals surface area contributed by atoms with Crippen molar-refractivity contribution in [2.75, 3.05) is 5.73 Å². The molecule has 2 aliphatic heterocycles. The van der Waals surface area contributed by atoms with Gasteiger partial charge >= 0.3 is 0 Å². The highest BCUT2D eigenvalue weighted by molar-refractivity contribution is 6.06. The van der Waals surface area contributed by atoms with E-state index in [1.54, 1.807) is 5.32 Å². The van der Waals surface area contributed by atoms with Crippen LogP contribution in [0.2, 0.25) is 0 Å². The number of hydrogen-bond acceptors (Lipinski definition) is 4. The predicted octanol–water partition coefficient (Wildman–Crippen LogP) is 0.0298. The lowest BCUT2D eigenvalue weighted by Crippen LogP contribution is -2.52. The van der Waals surface area contributed by atoms with Crippen LogP contribution in [0.1, 0.15) is 35.5 Å². The fourth-order valence-electron chi connectivity index (χ4n) is 2.09. The Hall–Kier alpha value is -2.37. The molecule has 0 spiro atoms. The largest absolute Gasteiger partial charge is 0.398 e. The second kappa shape index (κ2) is 4.08. The van der Waals surface area contributed by atoms with E-state index < -0.39 is 36.5 Å². The molecular weight excluding hydrogens is 246 g/mol. The summed E-state index contributed by atoms with van der Waals surface area (Å²) in [5.41, 5.74) is 6.47. The molecule has 0 saturated carbocycles. The average molecular weight is 264 g/mol. The number of hydrogen-bond donors (Lipinski definition) is 2. The molecule has 6 nitrogen and oxygen atoms in total. The van der Waals surface area contributed by atoms with Gasteiger partial charge in [-0.2, -0.15) is 0 Å². The van der Waals surface area contributed by atoms with Crippen molar-refractivity contribution in [3.63, 3.8) is 0 Å². The molecule has 0 unspecified atom stereocenters. The Balaban J connectivity index is 2.15. The summed E-state index contributed by atoms with van der Waals surface area (Å²) in [4.78, 5) is 37.1. The first-order chi connectivity index (χ1) is 11.0. The Morgan fingerprint density at radius 3 is 2.95 bits per heavy atom. The molecule has 98 valence electrons. The fourth-order valence-corrected chi connectivity index (χ4v) is 2.09. The van der Waals surface area contributed by atoms with E-state index in [1.807, 2.05) is 0 Å². The van der Waals surface area contributed by atoms with Gasteiger partial charge in [-0.3, -0.25) is 19.7 Å². The number of amides is 3. The van der Waals surface area contributed by atoms with Crippen molar-refractivity contribution < 1.29 is 21.2 Å². The number of nitrogens with one attached hydrogen (secondary N) is 1. The summed E-state index contributed by atoms with van der Waals surface area (Å²) in [7, 11) is 0. The first-order valence-corrected chi connectivity index (χ1v) is 5.51. The van der Waals surface area contributed by atoms with Crippen molar-refractivity contribution in [3.05, 3.63) is 29.3 Å². The first-order valence-electron chi connectivity index (χ1n) is 8.01. The van der Waals surface area contributed by atoms with Crippen LogP contribution in [0.5, 0.6) is 0 Å². The summed E-state index contributed by atoms with van der Waals surface area (Å²) in [5, 5.41) is 1.65. The first kappa shape index (κ1) is 7.28. The van der Waals surface area contributed by atoms with Crippen molar-refractivity contribution in [3.8, 4) is 0 Å². The zero-order valence-corrected chi connectivity index (χ0v) is 9.69. The molecule has 1 atom stereocenters. The van der Waals surface area contributed by atoms with Crippen molar-refractivity contribution in [1.29, 1.82) is 0 Å². The van der Waals surface area contributed by atoms with Crippen molar-refractivity contribution in [1.82, 2.24) is 10.2 Å². The molecule has 1 saturated heterocycles. The summed E-state index contributed by atoms with van der Waals surface area (Å²) in [6.45, 7) is -0.332. The van der Waals surface area contributed by atoms with E-state index in [2.05, 4.69) is 0 Å². The number of nitrogen functional groups attached to an aromatic ring is 1.